The minimum Gasteiger partial charge on any atom is -0.0820 e. The van der Waals surface area contributed by atoms with Crippen LogP contribution < -0.4 is 0 Å². The van der Waals surface area contributed by atoms with Crippen LogP contribution >= 0.6 is 22.6 Å². The first-order valence-corrected chi connectivity index (χ1v) is 5.19. The fourth-order valence-corrected chi connectivity index (χ4v) is 4.77. The van der Waals surface area contributed by atoms with E-state index >= 15 is 0 Å². The maximum Gasteiger partial charge on any atom is 0.0172 e. The zero-order chi connectivity index (χ0) is 6.17. The van der Waals surface area contributed by atoms with Gasteiger partial charge in [0.2, 0.25) is 0 Å². The smallest absolute Gasteiger partial charge is 0.0172 e. The normalized spacial score (nSPS) is 75.3. The van der Waals surface area contributed by atoms with Crippen LogP contribution in [0.4, 0.5) is 0 Å². The van der Waals surface area contributed by atoms with Crippen molar-refractivity contribution in [3.8, 4) is 0 Å². The minimum absolute atomic E-state index is 1.05. The summed E-state index contributed by atoms with van der Waals surface area (Å²) in [6.45, 7) is 2.45. The highest BCUT2D eigenvalue weighted by Crippen LogP contribution is 2.76. The van der Waals surface area contributed by atoms with Crippen LogP contribution in [-0.4, -0.2) is 3.92 Å². The number of halogens is 1. The second-order valence-electron chi connectivity index (χ2n) is 4.02. The summed E-state index contributed by atoms with van der Waals surface area (Å²) >= 11 is 2.67. The van der Waals surface area contributed by atoms with Crippen LogP contribution in [0.15, 0.2) is 0 Å². The lowest BCUT2D eigenvalue weighted by molar-refractivity contribution is 0.206. The summed E-state index contributed by atoms with van der Waals surface area (Å²) in [6, 6.07) is 0. The van der Waals surface area contributed by atoms with Crippen molar-refractivity contribution >= 4 is 22.6 Å². The van der Waals surface area contributed by atoms with Gasteiger partial charge in [-0.1, -0.05) is 29.5 Å². The van der Waals surface area contributed by atoms with Gasteiger partial charge in [0.05, 0.1) is 0 Å². The molecular weight excluding hydrogens is 223 g/mol. The van der Waals surface area contributed by atoms with Crippen LogP contribution in [0.5, 0.6) is 0 Å². The molecule has 0 aromatic heterocycles. The van der Waals surface area contributed by atoms with Gasteiger partial charge in [0.25, 0.3) is 0 Å². The van der Waals surface area contributed by atoms with Crippen LogP contribution in [0.25, 0.3) is 0 Å². The topological polar surface area (TPSA) is 0 Å². The van der Waals surface area contributed by atoms with E-state index in [0.717, 1.165) is 9.84 Å². The van der Waals surface area contributed by atoms with Gasteiger partial charge in [-0.3, -0.25) is 0 Å². The molecule has 0 bridgehead atoms. The lowest BCUT2D eigenvalue weighted by Gasteiger charge is -2.32. The highest BCUT2D eigenvalue weighted by Gasteiger charge is 2.72. The monoisotopic (exact) mass is 234 g/mol. The molecule has 0 spiro atoms. The van der Waals surface area contributed by atoms with Gasteiger partial charge in [0.15, 0.2) is 0 Å². The molecule has 3 aliphatic carbocycles. The predicted octanol–water partition coefficient (Wildman–Crippen LogP) is 2.32. The number of alkyl halides is 1. The van der Waals surface area contributed by atoms with Gasteiger partial charge in [-0.25, -0.2) is 0 Å². The summed E-state index contributed by atoms with van der Waals surface area (Å²) in [6.07, 6.45) is 1.59. The first-order chi connectivity index (χ1) is 4.30. The molecule has 3 saturated carbocycles. The standard InChI is InChI=1S/C8H11I/c1-3-4-2-5-6(4)7(5)8(3)9/h3-8H,2H2,1H3. The molecule has 0 heterocycles. The average Bonchev–Trinajstić information content (AvgIpc) is 2.27. The molecule has 1 heteroatoms. The maximum absolute atomic E-state index is 2.67. The van der Waals surface area contributed by atoms with E-state index in [1.54, 1.807) is 6.42 Å². The third-order valence-corrected chi connectivity index (χ3v) is 5.84. The van der Waals surface area contributed by atoms with Gasteiger partial charge < -0.3 is 0 Å². The zero-order valence-corrected chi connectivity index (χ0v) is 7.71. The van der Waals surface area contributed by atoms with Crippen molar-refractivity contribution in [1.82, 2.24) is 0 Å². The molecule has 0 radical (unpaired) electrons. The largest absolute Gasteiger partial charge is 0.0820 e. The molecule has 3 aliphatic rings. The minimum atomic E-state index is 1.05. The number of fused-ring (bicyclic) bond motifs is 1. The quantitative estimate of drug-likeness (QED) is 0.445. The lowest BCUT2D eigenvalue weighted by Crippen LogP contribution is -2.28. The van der Waals surface area contributed by atoms with Gasteiger partial charge in [-0.15, -0.1) is 0 Å². The third-order valence-electron chi connectivity index (χ3n) is 3.88. The van der Waals surface area contributed by atoms with Crippen LogP contribution in [-0.2, 0) is 0 Å². The number of hydrogen-bond acceptors (Lipinski definition) is 0. The molecule has 9 heavy (non-hydrogen) atoms. The lowest BCUT2D eigenvalue weighted by atomic mass is 9.76. The zero-order valence-electron chi connectivity index (χ0n) is 5.55. The molecule has 0 saturated heterocycles. The van der Waals surface area contributed by atoms with E-state index in [1.165, 1.54) is 23.7 Å². The van der Waals surface area contributed by atoms with Gasteiger partial charge in [-0.05, 0) is 36.0 Å². The summed E-state index contributed by atoms with van der Waals surface area (Å²) in [4.78, 5) is 0. The highest BCUT2D eigenvalue weighted by molar-refractivity contribution is 14.1. The Balaban J connectivity index is 1.97. The highest BCUT2D eigenvalue weighted by atomic mass is 127. The molecule has 3 rings (SSSR count). The molecule has 3 fully saturated rings. The Labute approximate surface area is 69.5 Å². The number of rotatable bonds is 0. The van der Waals surface area contributed by atoms with Gasteiger partial charge >= 0.3 is 0 Å². The Kier molecular flexibility index (Phi) is 0.802. The Bertz CT molecular complexity index is 152. The van der Waals surface area contributed by atoms with Gasteiger partial charge in [0.1, 0.15) is 0 Å². The fraction of sp³-hybridized carbons (Fsp3) is 1.00. The molecule has 0 N–H and O–H groups in total. The van der Waals surface area contributed by atoms with Crippen molar-refractivity contribution in [3.05, 3.63) is 0 Å². The van der Waals surface area contributed by atoms with Crippen molar-refractivity contribution < 1.29 is 0 Å². The second-order valence-corrected chi connectivity index (χ2v) is 5.46. The van der Waals surface area contributed by atoms with Crippen LogP contribution in [0.2, 0.25) is 0 Å². The molecule has 0 nitrogen and oxygen atoms in total. The average molecular weight is 234 g/mol. The van der Waals surface area contributed by atoms with E-state index in [2.05, 4.69) is 29.5 Å². The predicted molar refractivity (Wildman–Crippen MR) is 45.5 cm³/mol. The van der Waals surface area contributed by atoms with Crippen molar-refractivity contribution in [1.29, 1.82) is 0 Å². The molecular formula is C8H11I. The molecule has 0 aliphatic heterocycles. The molecule has 50 valence electrons. The van der Waals surface area contributed by atoms with E-state index in [0.29, 0.717) is 0 Å². The Morgan fingerprint density at radius 1 is 1.22 bits per heavy atom. The molecule has 0 aromatic carbocycles. The van der Waals surface area contributed by atoms with E-state index in [-0.39, 0.29) is 0 Å². The summed E-state index contributed by atoms with van der Waals surface area (Å²) in [5, 5.41) is 0. The molecule has 0 amide bonds. The van der Waals surface area contributed by atoms with Crippen molar-refractivity contribution in [2.75, 3.05) is 0 Å². The number of hydrogen-bond donors (Lipinski definition) is 0. The summed E-state index contributed by atoms with van der Waals surface area (Å²) < 4.78 is 1.05. The van der Waals surface area contributed by atoms with E-state index in [9.17, 15) is 0 Å². The van der Waals surface area contributed by atoms with Crippen LogP contribution in [0, 0.1) is 29.6 Å². The van der Waals surface area contributed by atoms with Gasteiger partial charge in [-0.2, -0.15) is 0 Å². The van der Waals surface area contributed by atoms with Gasteiger partial charge in [0, 0.05) is 3.92 Å². The van der Waals surface area contributed by atoms with E-state index in [4.69, 9.17) is 0 Å². The Morgan fingerprint density at radius 3 is 2.33 bits per heavy atom. The first kappa shape index (κ1) is 5.39. The molecule has 6 unspecified atom stereocenters. The Hall–Kier alpha value is 0.730. The molecule has 0 aromatic rings. The van der Waals surface area contributed by atoms with Crippen LogP contribution in [0.1, 0.15) is 13.3 Å². The second kappa shape index (κ2) is 1.34. The van der Waals surface area contributed by atoms with E-state index in [1.807, 2.05) is 0 Å². The first-order valence-electron chi connectivity index (χ1n) is 3.95. The van der Waals surface area contributed by atoms with Crippen molar-refractivity contribution in [2.45, 2.75) is 17.3 Å². The summed E-state index contributed by atoms with van der Waals surface area (Å²) in [7, 11) is 0. The van der Waals surface area contributed by atoms with Crippen molar-refractivity contribution in [3.63, 3.8) is 0 Å². The van der Waals surface area contributed by atoms with Crippen LogP contribution in [0.3, 0.4) is 0 Å². The molecule has 6 atom stereocenters. The maximum atomic E-state index is 2.67. The van der Waals surface area contributed by atoms with E-state index < -0.39 is 0 Å². The summed E-state index contributed by atoms with van der Waals surface area (Å²) in [5.41, 5.74) is 0. The summed E-state index contributed by atoms with van der Waals surface area (Å²) in [5.74, 6) is 5.85. The third kappa shape index (κ3) is 0.419. The Morgan fingerprint density at radius 2 is 2.00 bits per heavy atom. The SMILES string of the molecule is CC1C(I)C2C3CC1C32. The fourth-order valence-electron chi connectivity index (χ4n) is 3.22. The van der Waals surface area contributed by atoms with Crippen molar-refractivity contribution in [2.24, 2.45) is 29.6 Å².